The number of pyridine rings is 2. The molecule has 0 amide bonds. The number of hydrogen-bond donors (Lipinski definition) is 0. The van der Waals surface area contributed by atoms with Crippen molar-refractivity contribution in [2.24, 2.45) is 0 Å². The van der Waals surface area contributed by atoms with E-state index in [0.717, 1.165) is 11.4 Å². The second-order valence-corrected chi connectivity index (χ2v) is 3.53. The molecule has 0 aliphatic carbocycles. The van der Waals surface area contributed by atoms with E-state index in [1.54, 1.807) is 24.4 Å². The molecule has 0 aromatic carbocycles. The van der Waals surface area contributed by atoms with Gasteiger partial charge in [-0.3, -0.25) is 4.98 Å². The summed E-state index contributed by atoms with van der Waals surface area (Å²) in [6.45, 7) is 0. The van der Waals surface area contributed by atoms with Crippen LogP contribution in [0.5, 0.6) is 0 Å². The molecule has 0 N–H and O–H groups in total. The third-order valence-electron chi connectivity index (χ3n) is 1.70. The minimum atomic E-state index is 0.458. The third kappa shape index (κ3) is 2.03. The molecule has 0 aliphatic heterocycles. The van der Waals surface area contributed by atoms with Crippen molar-refractivity contribution in [3.63, 3.8) is 0 Å². The van der Waals surface area contributed by atoms with Gasteiger partial charge in [-0.2, -0.15) is 0 Å². The van der Waals surface area contributed by atoms with Crippen molar-refractivity contribution >= 4 is 23.2 Å². The summed E-state index contributed by atoms with van der Waals surface area (Å²) in [6, 6.07) is 8.98. The van der Waals surface area contributed by atoms with Gasteiger partial charge in [0.1, 0.15) is 5.15 Å². The highest BCUT2D eigenvalue weighted by Gasteiger charge is 2.00. The van der Waals surface area contributed by atoms with Crippen LogP contribution in [0, 0.1) is 0 Å². The summed E-state index contributed by atoms with van der Waals surface area (Å²) in [7, 11) is 0. The van der Waals surface area contributed by atoms with Crippen LogP contribution in [0.1, 0.15) is 0 Å². The van der Waals surface area contributed by atoms with Crippen LogP contribution in [0.25, 0.3) is 11.4 Å². The number of halogens is 2. The lowest BCUT2D eigenvalue weighted by Gasteiger charge is -1.99. The van der Waals surface area contributed by atoms with Crippen molar-refractivity contribution in [2.75, 3.05) is 0 Å². The molecule has 0 spiro atoms. The lowest BCUT2D eigenvalue weighted by atomic mass is 10.2. The molecule has 0 atom stereocenters. The van der Waals surface area contributed by atoms with Gasteiger partial charge < -0.3 is 0 Å². The smallest absolute Gasteiger partial charge is 0.129 e. The molecule has 0 bridgehead atoms. The van der Waals surface area contributed by atoms with Gasteiger partial charge in [0.15, 0.2) is 0 Å². The van der Waals surface area contributed by atoms with Crippen LogP contribution in [-0.4, -0.2) is 9.97 Å². The summed E-state index contributed by atoms with van der Waals surface area (Å²) in [5.41, 5.74) is 1.51. The Labute approximate surface area is 91.5 Å². The second kappa shape index (κ2) is 3.95. The van der Waals surface area contributed by atoms with Gasteiger partial charge in [-0.15, -0.1) is 0 Å². The largest absolute Gasteiger partial charge is 0.253 e. The SMILES string of the molecule is Clc1ccc(-c2cccc(Cl)n2)nc1. The van der Waals surface area contributed by atoms with Crippen molar-refractivity contribution in [3.8, 4) is 11.4 Å². The first-order valence-electron chi connectivity index (χ1n) is 4.00. The summed E-state index contributed by atoms with van der Waals surface area (Å²) in [5.74, 6) is 0. The van der Waals surface area contributed by atoms with Gasteiger partial charge in [-0.1, -0.05) is 29.3 Å². The van der Waals surface area contributed by atoms with E-state index >= 15 is 0 Å². The van der Waals surface area contributed by atoms with E-state index in [-0.39, 0.29) is 0 Å². The maximum Gasteiger partial charge on any atom is 0.129 e. The fourth-order valence-electron chi connectivity index (χ4n) is 1.08. The van der Waals surface area contributed by atoms with Gasteiger partial charge in [-0.25, -0.2) is 4.98 Å². The van der Waals surface area contributed by atoms with Gasteiger partial charge in [0.05, 0.1) is 16.4 Å². The highest BCUT2D eigenvalue weighted by Crippen LogP contribution is 2.17. The molecule has 2 aromatic heterocycles. The van der Waals surface area contributed by atoms with E-state index in [1.165, 1.54) is 0 Å². The van der Waals surface area contributed by atoms with Crippen molar-refractivity contribution in [2.45, 2.75) is 0 Å². The molecule has 4 heteroatoms. The molecular formula is C10H6Cl2N2. The second-order valence-electron chi connectivity index (χ2n) is 2.71. The number of aromatic nitrogens is 2. The first-order chi connectivity index (χ1) is 6.75. The Kier molecular flexibility index (Phi) is 2.66. The molecule has 70 valence electrons. The first kappa shape index (κ1) is 9.44. The zero-order chi connectivity index (χ0) is 9.97. The Morgan fingerprint density at radius 2 is 1.79 bits per heavy atom. The summed E-state index contributed by atoms with van der Waals surface area (Å²) < 4.78 is 0. The van der Waals surface area contributed by atoms with Gasteiger partial charge in [0, 0.05) is 6.20 Å². The highest BCUT2D eigenvalue weighted by molar-refractivity contribution is 6.30. The Hall–Kier alpha value is -1.12. The van der Waals surface area contributed by atoms with E-state index in [1.807, 2.05) is 12.1 Å². The van der Waals surface area contributed by atoms with E-state index in [4.69, 9.17) is 23.2 Å². The van der Waals surface area contributed by atoms with Gasteiger partial charge in [0.25, 0.3) is 0 Å². The molecule has 0 saturated carbocycles. The average molecular weight is 225 g/mol. The van der Waals surface area contributed by atoms with Crippen molar-refractivity contribution in [3.05, 3.63) is 46.7 Å². The lowest BCUT2D eigenvalue weighted by Crippen LogP contribution is -1.86. The molecule has 0 saturated heterocycles. The summed E-state index contributed by atoms with van der Waals surface area (Å²) in [5, 5.41) is 1.06. The minimum absolute atomic E-state index is 0.458. The first-order valence-corrected chi connectivity index (χ1v) is 4.76. The van der Waals surface area contributed by atoms with Crippen LogP contribution in [0.4, 0.5) is 0 Å². The third-order valence-corrected chi connectivity index (χ3v) is 2.14. The van der Waals surface area contributed by atoms with Crippen LogP contribution in [-0.2, 0) is 0 Å². The minimum Gasteiger partial charge on any atom is -0.253 e. The molecular weight excluding hydrogens is 219 g/mol. The molecule has 14 heavy (non-hydrogen) atoms. The van der Waals surface area contributed by atoms with E-state index in [9.17, 15) is 0 Å². The highest BCUT2D eigenvalue weighted by atomic mass is 35.5. The molecule has 2 aromatic rings. The number of nitrogens with zero attached hydrogens (tertiary/aromatic N) is 2. The predicted octanol–water partition coefficient (Wildman–Crippen LogP) is 3.45. The molecule has 2 nitrogen and oxygen atoms in total. The monoisotopic (exact) mass is 224 g/mol. The molecule has 2 rings (SSSR count). The molecule has 0 radical (unpaired) electrons. The normalized spacial score (nSPS) is 10.1. The van der Waals surface area contributed by atoms with E-state index < -0.39 is 0 Å². The fraction of sp³-hybridized carbons (Fsp3) is 0. The summed E-state index contributed by atoms with van der Waals surface area (Å²) >= 11 is 11.5. The van der Waals surface area contributed by atoms with Crippen LogP contribution >= 0.6 is 23.2 Å². The van der Waals surface area contributed by atoms with Crippen LogP contribution in [0.2, 0.25) is 10.2 Å². The summed E-state index contributed by atoms with van der Waals surface area (Å²) in [6.07, 6.45) is 1.58. The Morgan fingerprint density at radius 1 is 0.929 bits per heavy atom. The average Bonchev–Trinajstić information content (AvgIpc) is 2.19. The van der Waals surface area contributed by atoms with E-state index in [0.29, 0.717) is 10.2 Å². The molecule has 0 unspecified atom stereocenters. The van der Waals surface area contributed by atoms with Crippen LogP contribution < -0.4 is 0 Å². The van der Waals surface area contributed by atoms with Gasteiger partial charge in [-0.05, 0) is 24.3 Å². The van der Waals surface area contributed by atoms with Gasteiger partial charge >= 0.3 is 0 Å². The van der Waals surface area contributed by atoms with Crippen molar-refractivity contribution < 1.29 is 0 Å². The zero-order valence-corrected chi connectivity index (χ0v) is 8.63. The zero-order valence-electron chi connectivity index (χ0n) is 7.11. The van der Waals surface area contributed by atoms with E-state index in [2.05, 4.69) is 9.97 Å². The van der Waals surface area contributed by atoms with Crippen molar-refractivity contribution in [1.29, 1.82) is 0 Å². The lowest BCUT2D eigenvalue weighted by molar-refractivity contribution is 1.25. The molecule has 2 heterocycles. The van der Waals surface area contributed by atoms with Crippen LogP contribution in [0.15, 0.2) is 36.5 Å². The standard InChI is InChI=1S/C10H6Cl2N2/c11-7-4-5-8(13-6-7)9-2-1-3-10(12)14-9/h1-6H. The maximum atomic E-state index is 5.76. The maximum absolute atomic E-state index is 5.76. The Morgan fingerprint density at radius 3 is 2.43 bits per heavy atom. The predicted molar refractivity (Wildman–Crippen MR) is 57.5 cm³/mol. The Balaban J connectivity index is 2.44. The summed E-state index contributed by atoms with van der Waals surface area (Å²) in [4.78, 5) is 8.27. The molecule has 0 aliphatic rings. The van der Waals surface area contributed by atoms with Crippen LogP contribution in [0.3, 0.4) is 0 Å². The van der Waals surface area contributed by atoms with Gasteiger partial charge in [0.2, 0.25) is 0 Å². The number of hydrogen-bond acceptors (Lipinski definition) is 2. The quantitative estimate of drug-likeness (QED) is 0.694. The van der Waals surface area contributed by atoms with Crippen molar-refractivity contribution in [1.82, 2.24) is 9.97 Å². The molecule has 0 fully saturated rings. The Bertz CT molecular complexity index is 440. The number of rotatable bonds is 1. The fourth-order valence-corrected chi connectivity index (χ4v) is 1.35. The topological polar surface area (TPSA) is 25.8 Å².